The SMILES string of the molecule is O=C(Nc1ccc(-c2nnc3n2CCCCC3)cc1)[C@@H]1CC(=O)N(Cc2ccccc2Cl)C1. The van der Waals surface area contributed by atoms with Crippen LogP contribution in [0.1, 0.15) is 37.1 Å². The van der Waals surface area contributed by atoms with Gasteiger partial charge in [-0.2, -0.15) is 0 Å². The number of benzene rings is 2. The highest BCUT2D eigenvalue weighted by atomic mass is 35.5. The Kier molecular flexibility index (Phi) is 6.13. The van der Waals surface area contributed by atoms with Crippen molar-refractivity contribution in [2.24, 2.45) is 5.92 Å². The molecule has 2 aliphatic heterocycles. The molecular weight excluding hydrogens is 438 g/mol. The van der Waals surface area contributed by atoms with Crippen LogP contribution in [0.2, 0.25) is 5.02 Å². The number of carbonyl (C=O) groups is 2. The number of nitrogens with one attached hydrogen (secondary N) is 1. The Bertz CT molecular complexity index is 1170. The van der Waals surface area contributed by atoms with Gasteiger partial charge >= 0.3 is 0 Å². The van der Waals surface area contributed by atoms with E-state index in [9.17, 15) is 9.59 Å². The Hall–Kier alpha value is -3.19. The first kappa shape index (κ1) is 21.6. The highest BCUT2D eigenvalue weighted by Crippen LogP contribution is 2.26. The van der Waals surface area contributed by atoms with Crippen molar-refractivity contribution < 1.29 is 9.59 Å². The summed E-state index contributed by atoms with van der Waals surface area (Å²) in [6.07, 6.45) is 4.69. The van der Waals surface area contributed by atoms with Crippen LogP contribution in [0.15, 0.2) is 48.5 Å². The molecule has 1 fully saturated rings. The molecule has 33 heavy (non-hydrogen) atoms. The van der Waals surface area contributed by atoms with Gasteiger partial charge in [0.25, 0.3) is 0 Å². The molecule has 1 aromatic heterocycles. The van der Waals surface area contributed by atoms with Crippen molar-refractivity contribution in [3.63, 3.8) is 0 Å². The van der Waals surface area contributed by atoms with E-state index in [-0.39, 0.29) is 24.2 Å². The zero-order valence-corrected chi connectivity index (χ0v) is 19.1. The lowest BCUT2D eigenvalue weighted by Crippen LogP contribution is -2.28. The minimum atomic E-state index is -0.382. The van der Waals surface area contributed by atoms with Gasteiger partial charge in [-0.3, -0.25) is 9.59 Å². The number of fused-ring (bicyclic) bond motifs is 1. The van der Waals surface area contributed by atoms with Crippen LogP contribution < -0.4 is 5.32 Å². The number of anilines is 1. The molecule has 8 heteroatoms. The molecule has 170 valence electrons. The van der Waals surface area contributed by atoms with Crippen molar-refractivity contribution in [2.45, 2.75) is 45.2 Å². The molecule has 0 saturated carbocycles. The normalized spacial score (nSPS) is 18.2. The molecule has 2 amide bonds. The summed E-state index contributed by atoms with van der Waals surface area (Å²) in [5.41, 5.74) is 2.57. The first-order chi connectivity index (χ1) is 16.1. The molecule has 0 radical (unpaired) electrons. The quantitative estimate of drug-likeness (QED) is 0.611. The Morgan fingerprint density at radius 2 is 1.88 bits per heavy atom. The van der Waals surface area contributed by atoms with Gasteiger partial charge in [0, 0.05) is 48.7 Å². The second-order valence-electron chi connectivity index (χ2n) is 8.74. The van der Waals surface area contributed by atoms with E-state index >= 15 is 0 Å². The third kappa shape index (κ3) is 4.64. The van der Waals surface area contributed by atoms with Crippen LogP contribution in [0.25, 0.3) is 11.4 Å². The van der Waals surface area contributed by atoms with E-state index in [1.54, 1.807) is 4.90 Å². The van der Waals surface area contributed by atoms with E-state index in [1.165, 1.54) is 6.42 Å². The van der Waals surface area contributed by atoms with Crippen LogP contribution in [0.4, 0.5) is 5.69 Å². The average Bonchev–Trinajstić information content (AvgIpc) is 3.31. The lowest BCUT2D eigenvalue weighted by atomic mass is 10.1. The van der Waals surface area contributed by atoms with Crippen LogP contribution in [0.5, 0.6) is 0 Å². The van der Waals surface area contributed by atoms with Crippen LogP contribution in [0, 0.1) is 5.92 Å². The predicted octanol–water partition coefficient (Wildman–Crippen LogP) is 4.31. The fourth-order valence-electron chi connectivity index (χ4n) is 4.58. The van der Waals surface area contributed by atoms with Crippen molar-refractivity contribution >= 4 is 29.1 Å². The van der Waals surface area contributed by atoms with Gasteiger partial charge in [0.15, 0.2) is 5.82 Å². The summed E-state index contributed by atoms with van der Waals surface area (Å²) in [6.45, 7) is 1.75. The van der Waals surface area contributed by atoms with Crippen molar-refractivity contribution in [3.05, 3.63) is 64.9 Å². The Morgan fingerprint density at radius 1 is 1.06 bits per heavy atom. The zero-order valence-electron chi connectivity index (χ0n) is 18.3. The van der Waals surface area contributed by atoms with E-state index < -0.39 is 0 Å². The van der Waals surface area contributed by atoms with Crippen LogP contribution >= 0.6 is 11.6 Å². The number of hydrogen-bond acceptors (Lipinski definition) is 4. The van der Waals surface area contributed by atoms with E-state index in [4.69, 9.17) is 11.6 Å². The third-order valence-electron chi connectivity index (χ3n) is 6.42. The summed E-state index contributed by atoms with van der Waals surface area (Å²) >= 11 is 6.23. The van der Waals surface area contributed by atoms with Crippen LogP contribution in [-0.2, 0) is 29.1 Å². The van der Waals surface area contributed by atoms with Gasteiger partial charge in [0.05, 0.1) is 5.92 Å². The monoisotopic (exact) mass is 463 g/mol. The number of aryl methyl sites for hydroxylation is 1. The highest BCUT2D eigenvalue weighted by molar-refractivity contribution is 6.31. The number of amides is 2. The number of likely N-dealkylation sites (tertiary alicyclic amines) is 1. The molecule has 2 aliphatic rings. The topological polar surface area (TPSA) is 80.1 Å². The van der Waals surface area contributed by atoms with Gasteiger partial charge < -0.3 is 14.8 Å². The van der Waals surface area contributed by atoms with Crippen molar-refractivity contribution in [3.8, 4) is 11.4 Å². The minimum absolute atomic E-state index is 0.0297. The first-order valence-corrected chi connectivity index (χ1v) is 11.8. The standard InChI is InChI=1S/C25H26ClN5O2/c26-21-7-4-3-6-18(21)15-30-16-19(14-23(30)32)25(33)27-20-11-9-17(10-12-20)24-29-28-22-8-2-1-5-13-31(22)24/h3-4,6-7,9-12,19H,1-2,5,8,13-16H2,(H,27,33)/t19-/m1/s1. The maximum Gasteiger partial charge on any atom is 0.229 e. The Balaban J connectivity index is 1.22. The molecule has 0 unspecified atom stereocenters. The molecule has 0 bridgehead atoms. The molecule has 1 atom stereocenters. The third-order valence-corrected chi connectivity index (χ3v) is 6.79. The second kappa shape index (κ2) is 9.35. The van der Waals surface area contributed by atoms with Gasteiger partial charge in [0.2, 0.25) is 11.8 Å². The molecule has 0 spiro atoms. The van der Waals surface area contributed by atoms with Gasteiger partial charge in [0.1, 0.15) is 5.82 Å². The molecule has 3 aromatic rings. The molecule has 1 N–H and O–H groups in total. The summed E-state index contributed by atoms with van der Waals surface area (Å²) in [4.78, 5) is 27.0. The molecule has 3 heterocycles. The van der Waals surface area contributed by atoms with E-state index in [0.717, 1.165) is 48.6 Å². The van der Waals surface area contributed by atoms with Gasteiger partial charge in [-0.05, 0) is 48.7 Å². The van der Waals surface area contributed by atoms with Crippen LogP contribution in [-0.4, -0.2) is 38.0 Å². The van der Waals surface area contributed by atoms with E-state index in [2.05, 4.69) is 20.1 Å². The van der Waals surface area contributed by atoms with Crippen molar-refractivity contribution in [1.82, 2.24) is 19.7 Å². The van der Waals surface area contributed by atoms with Crippen LogP contribution in [0.3, 0.4) is 0 Å². The summed E-state index contributed by atoms with van der Waals surface area (Å²) in [5.74, 6) is 1.37. The lowest BCUT2D eigenvalue weighted by Gasteiger charge is -2.17. The Morgan fingerprint density at radius 3 is 2.70 bits per heavy atom. The number of carbonyl (C=O) groups excluding carboxylic acids is 2. The number of aromatic nitrogens is 3. The van der Waals surface area contributed by atoms with Gasteiger partial charge in [-0.15, -0.1) is 10.2 Å². The zero-order chi connectivity index (χ0) is 22.8. The van der Waals surface area contributed by atoms with E-state index in [0.29, 0.717) is 23.8 Å². The number of hydrogen-bond donors (Lipinski definition) is 1. The molecule has 1 saturated heterocycles. The summed E-state index contributed by atoms with van der Waals surface area (Å²) in [7, 11) is 0. The largest absolute Gasteiger partial charge is 0.337 e. The number of nitrogens with zero attached hydrogens (tertiary/aromatic N) is 4. The average molecular weight is 464 g/mol. The predicted molar refractivity (Wildman–Crippen MR) is 127 cm³/mol. The second-order valence-corrected chi connectivity index (χ2v) is 9.14. The molecule has 0 aliphatic carbocycles. The minimum Gasteiger partial charge on any atom is -0.337 e. The smallest absolute Gasteiger partial charge is 0.229 e. The van der Waals surface area contributed by atoms with Crippen molar-refractivity contribution in [1.29, 1.82) is 0 Å². The Labute approximate surface area is 197 Å². The van der Waals surface area contributed by atoms with Crippen molar-refractivity contribution in [2.75, 3.05) is 11.9 Å². The van der Waals surface area contributed by atoms with Gasteiger partial charge in [-0.1, -0.05) is 36.2 Å². The number of rotatable bonds is 5. The molecule has 7 nitrogen and oxygen atoms in total. The summed E-state index contributed by atoms with van der Waals surface area (Å²) in [5, 5.41) is 12.3. The van der Waals surface area contributed by atoms with E-state index in [1.807, 2.05) is 48.5 Å². The van der Waals surface area contributed by atoms with Gasteiger partial charge in [-0.25, -0.2) is 0 Å². The number of halogens is 1. The summed E-state index contributed by atoms with van der Waals surface area (Å²) in [6, 6.07) is 15.1. The highest BCUT2D eigenvalue weighted by Gasteiger charge is 2.34. The molecular formula is C25H26ClN5O2. The first-order valence-electron chi connectivity index (χ1n) is 11.4. The fourth-order valence-corrected chi connectivity index (χ4v) is 4.77. The fraction of sp³-hybridized carbons (Fsp3) is 0.360. The molecule has 5 rings (SSSR count). The maximum absolute atomic E-state index is 12.8. The summed E-state index contributed by atoms with van der Waals surface area (Å²) < 4.78 is 2.21. The molecule has 2 aromatic carbocycles. The maximum atomic E-state index is 12.8. The lowest BCUT2D eigenvalue weighted by molar-refractivity contribution is -0.128.